The van der Waals surface area contributed by atoms with Crippen LogP contribution in [-0.2, 0) is 4.74 Å². The van der Waals surface area contributed by atoms with Crippen LogP contribution in [0.3, 0.4) is 0 Å². The lowest BCUT2D eigenvalue weighted by atomic mass is 9.90. The Bertz CT molecular complexity index is 243. The standard InChI is InChI=1S/C14H29N3O/c1-12-11-16(3)13(2)10-14(12)15-4-5-17-6-8-18-9-7-17/h12-15H,4-11H2,1-3H3. The molecular weight excluding hydrogens is 226 g/mol. The summed E-state index contributed by atoms with van der Waals surface area (Å²) in [7, 11) is 2.24. The highest BCUT2D eigenvalue weighted by Gasteiger charge is 2.28. The second-order valence-corrected chi connectivity index (χ2v) is 6.02. The van der Waals surface area contributed by atoms with Crippen molar-refractivity contribution in [2.75, 3.05) is 53.0 Å². The van der Waals surface area contributed by atoms with Crippen LogP contribution in [-0.4, -0.2) is 74.9 Å². The Kier molecular flexibility index (Phi) is 5.42. The number of nitrogens with one attached hydrogen (secondary N) is 1. The fraction of sp³-hybridized carbons (Fsp3) is 1.00. The van der Waals surface area contributed by atoms with E-state index in [1.165, 1.54) is 13.0 Å². The predicted molar refractivity (Wildman–Crippen MR) is 74.9 cm³/mol. The van der Waals surface area contributed by atoms with Crippen LogP contribution in [0.5, 0.6) is 0 Å². The molecule has 2 rings (SSSR count). The summed E-state index contributed by atoms with van der Waals surface area (Å²) in [4.78, 5) is 4.98. The Morgan fingerprint density at radius 3 is 2.67 bits per heavy atom. The van der Waals surface area contributed by atoms with Crippen LogP contribution in [0, 0.1) is 5.92 Å². The van der Waals surface area contributed by atoms with Gasteiger partial charge in [-0.15, -0.1) is 0 Å². The van der Waals surface area contributed by atoms with E-state index in [0.29, 0.717) is 12.1 Å². The van der Waals surface area contributed by atoms with E-state index in [0.717, 1.165) is 45.3 Å². The van der Waals surface area contributed by atoms with Gasteiger partial charge in [-0.3, -0.25) is 4.90 Å². The van der Waals surface area contributed by atoms with Gasteiger partial charge in [-0.2, -0.15) is 0 Å². The molecule has 0 radical (unpaired) electrons. The van der Waals surface area contributed by atoms with E-state index in [1.807, 2.05) is 0 Å². The first-order chi connectivity index (χ1) is 8.66. The molecule has 0 aromatic rings. The molecule has 106 valence electrons. The van der Waals surface area contributed by atoms with Crippen molar-refractivity contribution >= 4 is 0 Å². The van der Waals surface area contributed by atoms with Crippen LogP contribution in [0.15, 0.2) is 0 Å². The molecule has 0 aliphatic carbocycles. The zero-order valence-electron chi connectivity index (χ0n) is 12.2. The van der Waals surface area contributed by atoms with Gasteiger partial charge in [-0.05, 0) is 26.3 Å². The highest BCUT2D eigenvalue weighted by molar-refractivity contribution is 4.86. The summed E-state index contributed by atoms with van der Waals surface area (Å²) in [6, 6.07) is 1.40. The number of hydrogen-bond donors (Lipinski definition) is 1. The van der Waals surface area contributed by atoms with Gasteiger partial charge in [0.05, 0.1) is 13.2 Å². The maximum atomic E-state index is 5.37. The van der Waals surface area contributed by atoms with Crippen LogP contribution in [0.25, 0.3) is 0 Å². The van der Waals surface area contributed by atoms with Crippen LogP contribution in [0.4, 0.5) is 0 Å². The summed E-state index contributed by atoms with van der Waals surface area (Å²) in [6.07, 6.45) is 1.28. The number of nitrogens with zero attached hydrogens (tertiary/aromatic N) is 2. The molecular formula is C14H29N3O. The Hall–Kier alpha value is -0.160. The fourth-order valence-corrected chi connectivity index (χ4v) is 3.06. The van der Waals surface area contributed by atoms with Crippen LogP contribution < -0.4 is 5.32 Å². The number of rotatable bonds is 4. The molecule has 0 spiro atoms. The van der Waals surface area contributed by atoms with Crippen LogP contribution in [0.1, 0.15) is 20.3 Å². The Labute approximate surface area is 112 Å². The molecule has 2 saturated heterocycles. The molecule has 1 N–H and O–H groups in total. The minimum atomic E-state index is 0.692. The van der Waals surface area contributed by atoms with Gasteiger partial charge in [0.25, 0.3) is 0 Å². The lowest BCUT2D eigenvalue weighted by Crippen LogP contribution is -2.52. The predicted octanol–water partition coefficient (Wildman–Crippen LogP) is 0.637. The molecule has 0 bridgehead atoms. The molecule has 0 aromatic heterocycles. The molecule has 0 aromatic carbocycles. The number of piperidine rings is 1. The maximum absolute atomic E-state index is 5.37. The first kappa shape index (κ1) is 14.3. The van der Waals surface area contributed by atoms with Gasteiger partial charge in [0, 0.05) is 44.8 Å². The molecule has 4 heteroatoms. The highest BCUT2D eigenvalue weighted by Crippen LogP contribution is 2.20. The van der Waals surface area contributed by atoms with E-state index in [-0.39, 0.29) is 0 Å². The minimum Gasteiger partial charge on any atom is -0.379 e. The number of likely N-dealkylation sites (tertiary alicyclic amines) is 1. The smallest absolute Gasteiger partial charge is 0.0594 e. The van der Waals surface area contributed by atoms with Crippen molar-refractivity contribution in [3.63, 3.8) is 0 Å². The average molecular weight is 255 g/mol. The minimum absolute atomic E-state index is 0.692. The zero-order chi connectivity index (χ0) is 13.0. The Morgan fingerprint density at radius 1 is 1.22 bits per heavy atom. The summed E-state index contributed by atoms with van der Waals surface area (Å²) in [6.45, 7) is 12.2. The van der Waals surface area contributed by atoms with Crippen molar-refractivity contribution in [2.24, 2.45) is 5.92 Å². The quantitative estimate of drug-likeness (QED) is 0.798. The number of hydrogen-bond acceptors (Lipinski definition) is 4. The zero-order valence-corrected chi connectivity index (χ0v) is 12.2. The summed E-state index contributed by atoms with van der Waals surface area (Å²) < 4.78 is 5.37. The monoisotopic (exact) mass is 255 g/mol. The topological polar surface area (TPSA) is 27.7 Å². The molecule has 3 atom stereocenters. The summed E-state index contributed by atoms with van der Waals surface area (Å²) >= 11 is 0. The average Bonchev–Trinajstić information content (AvgIpc) is 2.37. The molecule has 2 heterocycles. The van der Waals surface area contributed by atoms with E-state index in [9.17, 15) is 0 Å². The van der Waals surface area contributed by atoms with E-state index in [2.05, 4.69) is 36.0 Å². The first-order valence-corrected chi connectivity index (χ1v) is 7.40. The van der Waals surface area contributed by atoms with Gasteiger partial charge in [0.15, 0.2) is 0 Å². The Balaban J connectivity index is 1.66. The first-order valence-electron chi connectivity index (χ1n) is 7.40. The highest BCUT2D eigenvalue weighted by atomic mass is 16.5. The molecule has 0 saturated carbocycles. The molecule has 2 aliphatic rings. The van der Waals surface area contributed by atoms with Gasteiger partial charge in [-0.1, -0.05) is 6.92 Å². The van der Waals surface area contributed by atoms with Crippen molar-refractivity contribution in [2.45, 2.75) is 32.4 Å². The summed E-state index contributed by atoms with van der Waals surface area (Å²) in [5, 5.41) is 3.76. The van der Waals surface area contributed by atoms with Crippen LogP contribution >= 0.6 is 0 Å². The van der Waals surface area contributed by atoms with E-state index >= 15 is 0 Å². The molecule has 2 fully saturated rings. The second kappa shape index (κ2) is 6.85. The van der Waals surface area contributed by atoms with Gasteiger partial charge in [-0.25, -0.2) is 0 Å². The molecule has 0 amide bonds. The molecule has 18 heavy (non-hydrogen) atoms. The molecule has 3 unspecified atom stereocenters. The SMILES string of the molecule is CC1CN(C)C(C)CC1NCCN1CCOCC1. The summed E-state index contributed by atoms with van der Waals surface area (Å²) in [5.41, 5.74) is 0. The van der Waals surface area contributed by atoms with E-state index in [4.69, 9.17) is 4.74 Å². The third kappa shape index (κ3) is 3.92. The Morgan fingerprint density at radius 2 is 1.94 bits per heavy atom. The lowest BCUT2D eigenvalue weighted by molar-refractivity contribution is 0.0369. The molecule has 4 nitrogen and oxygen atoms in total. The van der Waals surface area contributed by atoms with Crippen molar-refractivity contribution in [3.05, 3.63) is 0 Å². The third-order valence-electron chi connectivity index (χ3n) is 4.55. The van der Waals surface area contributed by atoms with Gasteiger partial charge in [0.2, 0.25) is 0 Å². The van der Waals surface area contributed by atoms with Crippen LogP contribution in [0.2, 0.25) is 0 Å². The fourth-order valence-electron chi connectivity index (χ4n) is 3.06. The normalized spacial score (nSPS) is 35.8. The number of ether oxygens (including phenoxy) is 1. The second-order valence-electron chi connectivity index (χ2n) is 6.02. The van der Waals surface area contributed by atoms with Gasteiger partial charge >= 0.3 is 0 Å². The van der Waals surface area contributed by atoms with E-state index in [1.54, 1.807) is 0 Å². The number of morpholine rings is 1. The summed E-state index contributed by atoms with van der Waals surface area (Å²) in [5.74, 6) is 0.760. The van der Waals surface area contributed by atoms with Gasteiger partial charge < -0.3 is 15.0 Å². The molecule has 2 aliphatic heterocycles. The van der Waals surface area contributed by atoms with Crippen molar-refractivity contribution in [3.8, 4) is 0 Å². The van der Waals surface area contributed by atoms with Crippen molar-refractivity contribution in [1.29, 1.82) is 0 Å². The third-order valence-corrected chi connectivity index (χ3v) is 4.55. The van der Waals surface area contributed by atoms with Crippen molar-refractivity contribution in [1.82, 2.24) is 15.1 Å². The maximum Gasteiger partial charge on any atom is 0.0594 e. The van der Waals surface area contributed by atoms with Gasteiger partial charge in [0.1, 0.15) is 0 Å². The van der Waals surface area contributed by atoms with Crippen molar-refractivity contribution < 1.29 is 4.74 Å². The van der Waals surface area contributed by atoms with E-state index < -0.39 is 0 Å². The lowest BCUT2D eigenvalue weighted by Gasteiger charge is -2.40. The largest absolute Gasteiger partial charge is 0.379 e.